The first kappa shape index (κ1) is 26.8. The van der Waals surface area contributed by atoms with Crippen LogP contribution in [0.1, 0.15) is 38.8 Å². The van der Waals surface area contributed by atoms with E-state index in [1.165, 1.54) is 11.2 Å². The minimum atomic E-state index is -1.09. The second-order valence-corrected chi connectivity index (χ2v) is 9.82. The van der Waals surface area contributed by atoms with Gasteiger partial charge in [-0.2, -0.15) is 0 Å². The molecule has 0 radical (unpaired) electrons. The van der Waals surface area contributed by atoms with Gasteiger partial charge in [0, 0.05) is 6.54 Å². The van der Waals surface area contributed by atoms with Gasteiger partial charge in [-0.25, -0.2) is 29.3 Å². The van der Waals surface area contributed by atoms with Crippen LogP contribution in [0.15, 0.2) is 43.0 Å². The maximum absolute atomic E-state index is 12.9. The highest BCUT2D eigenvalue weighted by Gasteiger charge is 2.39. The number of anilines is 1. The molecule has 38 heavy (non-hydrogen) atoms. The summed E-state index contributed by atoms with van der Waals surface area (Å²) in [5, 5.41) is 11.5. The van der Waals surface area contributed by atoms with Crippen LogP contribution in [-0.4, -0.2) is 79.1 Å². The van der Waals surface area contributed by atoms with Crippen molar-refractivity contribution >= 4 is 35.1 Å². The van der Waals surface area contributed by atoms with E-state index in [9.17, 15) is 14.4 Å². The fourth-order valence-electron chi connectivity index (χ4n) is 4.14. The molecule has 0 aliphatic carbocycles. The highest BCUT2D eigenvalue weighted by atomic mass is 16.6. The number of amides is 2. The van der Waals surface area contributed by atoms with E-state index in [2.05, 4.69) is 20.3 Å². The largest absolute Gasteiger partial charge is 0.480 e. The summed E-state index contributed by atoms with van der Waals surface area (Å²) in [6.07, 6.45) is 2.12. The third-order valence-electron chi connectivity index (χ3n) is 5.74. The van der Waals surface area contributed by atoms with Crippen molar-refractivity contribution in [2.75, 3.05) is 25.1 Å². The van der Waals surface area contributed by atoms with E-state index in [4.69, 9.17) is 19.3 Å². The van der Waals surface area contributed by atoms with Gasteiger partial charge in [-0.15, -0.1) is 0 Å². The first-order chi connectivity index (χ1) is 18.1. The molecular formula is C25H30N6O7. The molecule has 13 nitrogen and oxygen atoms in total. The van der Waals surface area contributed by atoms with Gasteiger partial charge in [-0.3, -0.25) is 5.32 Å². The summed E-state index contributed by atoms with van der Waals surface area (Å²) in [6.45, 7) is 5.25. The summed E-state index contributed by atoms with van der Waals surface area (Å²) in [7, 11) is 0. The van der Waals surface area contributed by atoms with Crippen molar-refractivity contribution in [2.24, 2.45) is 0 Å². The first-order valence-corrected chi connectivity index (χ1v) is 12.0. The number of ether oxygens (including phenoxy) is 3. The summed E-state index contributed by atoms with van der Waals surface area (Å²) in [6, 6.07) is 8.61. The van der Waals surface area contributed by atoms with Crippen molar-refractivity contribution in [1.29, 1.82) is 0 Å². The topological polar surface area (TPSA) is 158 Å². The van der Waals surface area contributed by atoms with Crippen molar-refractivity contribution < 1.29 is 33.7 Å². The third kappa shape index (κ3) is 6.73. The Labute approximate surface area is 218 Å². The predicted molar refractivity (Wildman–Crippen MR) is 134 cm³/mol. The molecule has 1 saturated heterocycles. The number of carbonyl (C=O) groups is 3. The third-order valence-corrected chi connectivity index (χ3v) is 5.74. The Morgan fingerprint density at radius 2 is 1.89 bits per heavy atom. The Balaban J connectivity index is 1.49. The summed E-state index contributed by atoms with van der Waals surface area (Å²) < 4.78 is 17.9. The number of nitrogens with zero attached hydrogens (tertiary/aromatic N) is 5. The van der Waals surface area contributed by atoms with E-state index in [0.717, 1.165) is 5.56 Å². The van der Waals surface area contributed by atoms with Crippen LogP contribution >= 0.6 is 0 Å². The molecule has 2 aromatic heterocycles. The Morgan fingerprint density at radius 3 is 2.61 bits per heavy atom. The number of imidazole rings is 1. The Bertz CT molecular complexity index is 1290. The van der Waals surface area contributed by atoms with E-state index < -0.39 is 36.4 Å². The zero-order valence-electron chi connectivity index (χ0n) is 21.4. The van der Waals surface area contributed by atoms with Gasteiger partial charge in [-0.1, -0.05) is 30.3 Å². The molecule has 2 amide bonds. The molecular weight excluding hydrogens is 496 g/mol. The fourth-order valence-corrected chi connectivity index (χ4v) is 4.14. The number of carboxylic acids is 1. The molecule has 13 heteroatoms. The molecule has 202 valence electrons. The average molecular weight is 527 g/mol. The van der Waals surface area contributed by atoms with Crippen LogP contribution in [0.4, 0.5) is 15.4 Å². The minimum absolute atomic E-state index is 0.0315. The number of carboxylic acid groups (broad SMARTS) is 1. The number of benzene rings is 1. The van der Waals surface area contributed by atoms with Gasteiger partial charge in [0.1, 0.15) is 25.1 Å². The Hall–Kier alpha value is -4.26. The normalized spacial score (nSPS) is 17.4. The molecule has 0 saturated carbocycles. The number of aliphatic carboxylic acids is 1. The van der Waals surface area contributed by atoms with Gasteiger partial charge in [-0.05, 0) is 32.8 Å². The fraction of sp³-hybridized carbons (Fsp3) is 0.440. The van der Waals surface area contributed by atoms with Crippen LogP contribution in [0.25, 0.3) is 11.2 Å². The van der Waals surface area contributed by atoms with E-state index >= 15 is 0 Å². The highest BCUT2D eigenvalue weighted by molar-refractivity contribution is 5.93. The van der Waals surface area contributed by atoms with E-state index in [1.54, 1.807) is 31.7 Å². The standard InChI is InChI=1S/C25H30N6O7/c1-25(2,3)38-24(35)30-10-17(9-18(30)12-36-13-19(32)33)31-15-28-20-21(26-14-27-22(20)31)29-23(34)37-11-16-7-5-4-6-8-16/h4-8,14-15,17-18H,9-13H2,1-3H3,(H,32,33)(H,26,27,29,34)/t17-,18-/m1/s1. The molecule has 1 aliphatic heterocycles. The number of carbonyl (C=O) groups excluding carboxylic acids is 2. The molecule has 0 spiro atoms. The lowest BCUT2D eigenvalue weighted by molar-refractivity contribution is -0.142. The molecule has 1 fully saturated rings. The molecule has 3 aromatic rings. The summed E-state index contributed by atoms with van der Waals surface area (Å²) in [4.78, 5) is 50.6. The molecule has 0 bridgehead atoms. The molecule has 0 unspecified atom stereocenters. The second-order valence-electron chi connectivity index (χ2n) is 9.82. The Kier molecular flexibility index (Phi) is 8.05. The number of fused-ring (bicyclic) bond motifs is 1. The molecule has 2 N–H and O–H groups in total. The van der Waals surface area contributed by atoms with Crippen molar-refractivity contribution in [3.05, 3.63) is 48.5 Å². The van der Waals surface area contributed by atoms with Gasteiger partial charge in [0.2, 0.25) is 0 Å². The molecule has 1 aliphatic rings. The van der Waals surface area contributed by atoms with Crippen LogP contribution in [0.5, 0.6) is 0 Å². The number of likely N-dealkylation sites (tertiary alicyclic amines) is 1. The Morgan fingerprint density at radius 1 is 1.13 bits per heavy atom. The lowest BCUT2D eigenvalue weighted by Crippen LogP contribution is -2.42. The van der Waals surface area contributed by atoms with E-state index in [-0.39, 0.29) is 31.6 Å². The van der Waals surface area contributed by atoms with Crippen LogP contribution in [-0.2, 0) is 25.6 Å². The first-order valence-electron chi connectivity index (χ1n) is 12.0. The average Bonchev–Trinajstić information content (AvgIpc) is 3.47. The van der Waals surface area contributed by atoms with Gasteiger partial charge in [0.25, 0.3) is 0 Å². The number of aromatic nitrogens is 4. The van der Waals surface area contributed by atoms with Gasteiger partial charge in [0.15, 0.2) is 17.0 Å². The van der Waals surface area contributed by atoms with Gasteiger partial charge in [0.05, 0.1) is 25.0 Å². The second kappa shape index (κ2) is 11.4. The van der Waals surface area contributed by atoms with Crippen LogP contribution in [0, 0.1) is 0 Å². The van der Waals surface area contributed by atoms with Crippen molar-refractivity contribution in [3.63, 3.8) is 0 Å². The summed E-state index contributed by atoms with van der Waals surface area (Å²) in [5.41, 5.74) is 0.960. The van der Waals surface area contributed by atoms with Crippen molar-refractivity contribution in [3.8, 4) is 0 Å². The maximum Gasteiger partial charge on any atom is 0.413 e. The number of nitrogens with one attached hydrogen (secondary N) is 1. The van der Waals surface area contributed by atoms with Gasteiger partial charge < -0.3 is 28.8 Å². The van der Waals surface area contributed by atoms with Crippen LogP contribution < -0.4 is 5.32 Å². The molecule has 2 atom stereocenters. The zero-order chi connectivity index (χ0) is 27.3. The van der Waals surface area contributed by atoms with E-state index in [1.807, 2.05) is 30.3 Å². The van der Waals surface area contributed by atoms with Crippen LogP contribution in [0.3, 0.4) is 0 Å². The number of hydrogen-bond donors (Lipinski definition) is 2. The lowest BCUT2D eigenvalue weighted by Gasteiger charge is -2.28. The molecule has 3 heterocycles. The van der Waals surface area contributed by atoms with Crippen molar-refractivity contribution in [1.82, 2.24) is 24.4 Å². The number of rotatable bonds is 8. The SMILES string of the molecule is CC(C)(C)OC(=O)N1C[C@H](n2cnc3c(NC(=O)OCc4ccccc4)ncnc32)C[C@@H]1COCC(=O)O. The lowest BCUT2D eigenvalue weighted by atomic mass is 10.2. The molecule has 4 rings (SSSR count). The zero-order valence-corrected chi connectivity index (χ0v) is 21.4. The summed E-state index contributed by atoms with van der Waals surface area (Å²) >= 11 is 0. The quantitative estimate of drug-likeness (QED) is 0.446. The predicted octanol–water partition coefficient (Wildman–Crippen LogP) is 3.23. The maximum atomic E-state index is 12.9. The minimum Gasteiger partial charge on any atom is -0.480 e. The monoisotopic (exact) mass is 526 g/mol. The summed E-state index contributed by atoms with van der Waals surface area (Å²) in [5.74, 6) is -0.904. The highest BCUT2D eigenvalue weighted by Crippen LogP contribution is 2.32. The van der Waals surface area contributed by atoms with Gasteiger partial charge >= 0.3 is 18.2 Å². The number of hydrogen-bond acceptors (Lipinski definition) is 9. The smallest absolute Gasteiger partial charge is 0.413 e. The molecule has 1 aromatic carbocycles. The van der Waals surface area contributed by atoms with Crippen LogP contribution in [0.2, 0.25) is 0 Å². The van der Waals surface area contributed by atoms with Crippen molar-refractivity contribution in [2.45, 2.75) is 51.5 Å². The van der Waals surface area contributed by atoms with E-state index in [0.29, 0.717) is 17.6 Å².